The summed E-state index contributed by atoms with van der Waals surface area (Å²) in [5, 5.41) is 15.9. The van der Waals surface area contributed by atoms with Crippen LogP contribution in [0.2, 0.25) is 0 Å². The summed E-state index contributed by atoms with van der Waals surface area (Å²) in [4.78, 5) is 47.3. The Hall–Kier alpha value is -3.89. The molecule has 48 heavy (non-hydrogen) atoms. The number of rotatable bonds is 15. The summed E-state index contributed by atoms with van der Waals surface area (Å²) in [5.41, 5.74) is 4.58. The first-order chi connectivity index (χ1) is 23.1. The van der Waals surface area contributed by atoms with Gasteiger partial charge in [-0.2, -0.15) is 0 Å². The minimum absolute atomic E-state index is 0.0498. The number of methoxy groups -OCH3 is 1. The number of carbonyl (C=O) groups excluding carboxylic acids is 2. The van der Waals surface area contributed by atoms with E-state index >= 15 is 0 Å². The van der Waals surface area contributed by atoms with Gasteiger partial charge in [0.1, 0.15) is 0 Å². The van der Waals surface area contributed by atoms with Gasteiger partial charge in [-0.3, -0.25) is 19.9 Å². The first kappa shape index (κ1) is 36.9. The molecule has 2 heterocycles. The van der Waals surface area contributed by atoms with Gasteiger partial charge in [-0.1, -0.05) is 61.5 Å². The van der Waals surface area contributed by atoms with Crippen LogP contribution in [0.3, 0.4) is 0 Å². The lowest BCUT2D eigenvalue weighted by Crippen LogP contribution is -2.28. The number of urea groups is 1. The van der Waals surface area contributed by atoms with Crippen molar-refractivity contribution in [1.29, 1.82) is 0 Å². The van der Waals surface area contributed by atoms with Gasteiger partial charge in [-0.15, -0.1) is 0 Å². The van der Waals surface area contributed by atoms with Gasteiger partial charge in [0, 0.05) is 44.0 Å². The van der Waals surface area contributed by atoms with Crippen LogP contribution in [0.4, 0.5) is 9.93 Å². The number of ketones is 1. The van der Waals surface area contributed by atoms with Crippen LogP contribution in [-0.4, -0.2) is 54.4 Å². The third kappa shape index (κ3) is 9.82. The number of thiazole rings is 1. The van der Waals surface area contributed by atoms with Gasteiger partial charge in [0.2, 0.25) is 0 Å². The van der Waals surface area contributed by atoms with E-state index in [9.17, 15) is 19.5 Å². The number of amides is 2. The number of carbonyl (C=O) groups is 3. The van der Waals surface area contributed by atoms with Crippen molar-refractivity contribution in [2.45, 2.75) is 85.5 Å². The molecule has 3 N–H and O–H groups in total. The van der Waals surface area contributed by atoms with E-state index in [1.807, 2.05) is 33.1 Å². The van der Waals surface area contributed by atoms with Crippen molar-refractivity contribution in [1.82, 2.24) is 10.3 Å². The van der Waals surface area contributed by atoms with Crippen LogP contribution in [0.15, 0.2) is 53.1 Å². The lowest BCUT2D eigenvalue weighted by atomic mass is 9.80. The number of nitrogens with one attached hydrogen (secondary N) is 2. The summed E-state index contributed by atoms with van der Waals surface area (Å²) in [7, 11) is 1.67. The van der Waals surface area contributed by atoms with Crippen LogP contribution in [0.1, 0.15) is 96.6 Å². The molecule has 0 bridgehead atoms. The molecule has 0 spiro atoms. The second kappa shape index (κ2) is 17.5. The maximum Gasteiger partial charge on any atom is 0.321 e. The number of hydrogen-bond donors (Lipinski definition) is 3. The molecule has 9 nitrogen and oxygen atoms in total. The van der Waals surface area contributed by atoms with Gasteiger partial charge in [0.05, 0.1) is 21.3 Å². The molecule has 10 heteroatoms. The number of fused-ring (bicyclic) bond motifs is 1. The molecule has 2 aromatic rings. The summed E-state index contributed by atoms with van der Waals surface area (Å²) in [6.45, 7) is 9.04. The van der Waals surface area contributed by atoms with Gasteiger partial charge in [-0.25, -0.2) is 9.78 Å². The number of allylic oxidation sites excluding steroid dienone is 7. The fourth-order valence-corrected chi connectivity index (χ4v) is 7.26. The third-order valence-corrected chi connectivity index (χ3v) is 10.1. The Morgan fingerprint density at radius 2 is 1.96 bits per heavy atom. The van der Waals surface area contributed by atoms with E-state index in [4.69, 9.17) is 14.7 Å². The topological polar surface area (TPSA) is 130 Å². The Kier molecular flexibility index (Phi) is 13.5. The normalized spacial score (nSPS) is 19.4. The number of aliphatic carboxylic acids is 1. The summed E-state index contributed by atoms with van der Waals surface area (Å²) in [5.74, 6) is -0.555. The van der Waals surface area contributed by atoms with Crippen molar-refractivity contribution in [3.63, 3.8) is 0 Å². The maximum absolute atomic E-state index is 13.4. The molecule has 0 radical (unpaired) electrons. The number of aromatic nitrogens is 1. The van der Waals surface area contributed by atoms with E-state index in [1.165, 1.54) is 16.9 Å². The Morgan fingerprint density at radius 3 is 2.69 bits per heavy atom. The van der Waals surface area contributed by atoms with E-state index < -0.39 is 11.4 Å². The van der Waals surface area contributed by atoms with E-state index in [0.717, 1.165) is 59.9 Å². The number of hydrogen-bond acceptors (Lipinski definition) is 7. The summed E-state index contributed by atoms with van der Waals surface area (Å²) >= 11 is 1.36. The van der Waals surface area contributed by atoms with Crippen LogP contribution in [0, 0.1) is 17.3 Å². The number of carboxylic acids is 1. The highest BCUT2D eigenvalue weighted by atomic mass is 32.1. The molecule has 1 aliphatic heterocycles. The van der Waals surface area contributed by atoms with Crippen molar-refractivity contribution < 1.29 is 24.2 Å². The highest BCUT2D eigenvalue weighted by molar-refractivity contribution is 7.22. The highest BCUT2D eigenvalue weighted by Gasteiger charge is 2.31. The molecule has 2 amide bonds. The number of benzene rings is 1. The van der Waals surface area contributed by atoms with Crippen molar-refractivity contribution >= 4 is 62.0 Å². The van der Waals surface area contributed by atoms with Gasteiger partial charge in [0.15, 0.2) is 10.9 Å². The summed E-state index contributed by atoms with van der Waals surface area (Å²) in [6, 6.07) is 3.79. The monoisotopic (exact) mass is 674 g/mol. The Morgan fingerprint density at radius 1 is 1.15 bits per heavy atom. The largest absolute Gasteiger partial charge is 0.481 e. The second-order valence-corrected chi connectivity index (χ2v) is 14.1. The van der Waals surface area contributed by atoms with Crippen molar-refractivity contribution in [3.05, 3.63) is 59.2 Å². The van der Waals surface area contributed by atoms with Crippen LogP contribution in [0.25, 0.3) is 21.5 Å². The fourth-order valence-electron chi connectivity index (χ4n) is 6.29. The lowest BCUT2D eigenvalue weighted by Gasteiger charge is -2.24. The second-order valence-electron chi connectivity index (χ2n) is 13.1. The Balaban J connectivity index is 1.69. The van der Waals surface area contributed by atoms with Crippen LogP contribution in [-0.2, 0) is 14.3 Å². The zero-order chi connectivity index (χ0) is 34.7. The number of ether oxygens (including phenoxy) is 1. The smallest absolute Gasteiger partial charge is 0.321 e. The highest BCUT2D eigenvalue weighted by Crippen LogP contribution is 2.38. The molecule has 0 saturated heterocycles. The van der Waals surface area contributed by atoms with Crippen LogP contribution in [0.5, 0.6) is 0 Å². The van der Waals surface area contributed by atoms with Crippen LogP contribution < -0.4 is 10.6 Å². The molecule has 0 saturated carbocycles. The summed E-state index contributed by atoms with van der Waals surface area (Å²) in [6.07, 6.45) is 19.0. The Labute approximate surface area is 288 Å². The Bertz CT molecular complexity index is 1630. The van der Waals surface area contributed by atoms with E-state index in [-0.39, 0.29) is 23.7 Å². The summed E-state index contributed by atoms with van der Waals surface area (Å²) < 4.78 is 6.04. The zero-order valence-electron chi connectivity index (χ0n) is 28.9. The van der Waals surface area contributed by atoms with Gasteiger partial charge < -0.3 is 15.2 Å². The molecule has 258 valence electrons. The SMILES string of the molecule is CCCC(C)(CCCC1=CCC(C)C=C(c2cc(C3=CC(=O)C(CCCOC)CC=N3)c3sc(NC(=O)NCC)nc3c2)C=C1)C(=O)O. The fraction of sp³-hybridized carbons (Fsp3) is 0.500. The molecule has 1 aromatic carbocycles. The molecule has 2 aliphatic rings. The molecule has 3 unspecified atom stereocenters. The number of carboxylic acid groups (broad SMARTS) is 1. The molecule has 3 atom stereocenters. The first-order valence-corrected chi connectivity index (χ1v) is 18.0. The van der Waals surface area contributed by atoms with Gasteiger partial charge in [0.25, 0.3) is 0 Å². The molecule has 1 aliphatic carbocycles. The van der Waals surface area contributed by atoms with Crippen molar-refractivity contribution in [3.8, 4) is 0 Å². The maximum atomic E-state index is 13.4. The molecule has 4 rings (SSSR count). The quantitative estimate of drug-likeness (QED) is 0.162. The average molecular weight is 675 g/mol. The van der Waals surface area contributed by atoms with Crippen LogP contribution >= 0.6 is 11.3 Å². The average Bonchev–Trinajstić information content (AvgIpc) is 3.35. The number of aliphatic imine (C=N–C) groups is 1. The molecule has 0 fully saturated rings. The lowest BCUT2D eigenvalue weighted by molar-refractivity contribution is -0.148. The zero-order valence-corrected chi connectivity index (χ0v) is 29.8. The third-order valence-electron chi connectivity index (χ3n) is 9.06. The first-order valence-electron chi connectivity index (χ1n) is 17.2. The van der Waals surface area contributed by atoms with Gasteiger partial charge >= 0.3 is 12.0 Å². The predicted octanol–water partition coefficient (Wildman–Crippen LogP) is 8.83. The minimum Gasteiger partial charge on any atom is -0.481 e. The van der Waals surface area contributed by atoms with Crippen molar-refractivity contribution in [2.75, 3.05) is 25.6 Å². The van der Waals surface area contributed by atoms with E-state index in [2.05, 4.69) is 47.9 Å². The van der Waals surface area contributed by atoms with E-state index in [0.29, 0.717) is 48.8 Å². The molecular weight excluding hydrogens is 625 g/mol. The van der Waals surface area contributed by atoms with Gasteiger partial charge in [-0.05, 0) is 94.4 Å². The molecule has 1 aromatic heterocycles. The predicted molar refractivity (Wildman–Crippen MR) is 196 cm³/mol. The number of anilines is 1. The minimum atomic E-state index is -0.723. The van der Waals surface area contributed by atoms with Crippen molar-refractivity contribution in [2.24, 2.45) is 22.2 Å². The standard InChI is InChI=1S/C38H50N4O5S/c1-6-17-38(4,35(44)45)18-8-10-26-13-12-25(3)21-28(15-14-26)29-22-30(31-24-33(43)27(16-19-40-31)11-9-20-47-5)34-32(23-29)41-37(48-34)42-36(46)39-7-2/h13-15,19,21-25,27H,6-12,16-18,20H2,1-5H3,(H,44,45)(H2,39,41,42,46). The molecular formula is C38H50N4O5S. The number of nitrogens with zero attached hydrogens (tertiary/aromatic N) is 2. The van der Waals surface area contributed by atoms with E-state index in [1.54, 1.807) is 13.2 Å².